The molecule has 2 N–H and O–H groups in total. The number of halogens is 1. The van der Waals surface area contributed by atoms with E-state index in [1.54, 1.807) is 14.2 Å². The van der Waals surface area contributed by atoms with Crippen LogP contribution in [0.5, 0.6) is 11.5 Å². The average Bonchev–Trinajstić information content (AvgIpc) is 2.48. The molecule has 0 aliphatic heterocycles. The zero-order valence-corrected chi connectivity index (χ0v) is 12.6. The molecule has 1 unspecified atom stereocenters. The largest absolute Gasteiger partial charge is 0.497 e. The van der Waals surface area contributed by atoms with Gasteiger partial charge in [0.1, 0.15) is 11.5 Å². The van der Waals surface area contributed by atoms with E-state index in [4.69, 9.17) is 26.8 Å². The summed E-state index contributed by atoms with van der Waals surface area (Å²) in [5, 5.41) is 0.669. The van der Waals surface area contributed by atoms with Gasteiger partial charge in [-0.15, -0.1) is 0 Å². The number of ether oxygens (including phenoxy) is 2. The Morgan fingerprint density at radius 2 is 1.75 bits per heavy atom. The van der Waals surface area contributed by atoms with Gasteiger partial charge in [0.05, 0.1) is 20.3 Å². The molecule has 0 saturated heterocycles. The Hall–Kier alpha value is -1.71. The highest BCUT2D eigenvalue weighted by Gasteiger charge is 2.17. The van der Waals surface area contributed by atoms with Gasteiger partial charge in [-0.1, -0.05) is 17.7 Å². The summed E-state index contributed by atoms with van der Waals surface area (Å²) in [6.07, 6.45) is 0. The molecular weight excluding hydrogens is 274 g/mol. The minimum atomic E-state index is -0.321. The average molecular weight is 292 g/mol. The fraction of sp³-hybridized carbons (Fsp3) is 0.250. The van der Waals surface area contributed by atoms with Crippen LogP contribution in [0, 0.1) is 6.92 Å². The molecule has 0 aliphatic carbocycles. The molecule has 0 heterocycles. The monoisotopic (exact) mass is 291 g/mol. The Morgan fingerprint density at radius 1 is 1.00 bits per heavy atom. The van der Waals surface area contributed by atoms with Crippen molar-refractivity contribution in [2.75, 3.05) is 14.2 Å². The first kappa shape index (κ1) is 14.7. The zero-order valence-electron chi connectivity index (χ0n) is 11.8. The number of hydrogen-bond acceptors (Lipinski definition) is 3. The standard InChI is InChI=1S/C16H18ClNO2/c1-10-4-5-11(17)8-13(10)16(18)14-9-12(19-2)6-7-15(14)20-3/h4-9,16H,18H2,1-3H3. The van der Waals surface area contributed by atoms with Gasteiger partial charge >= 0.3 is 0 Å². The van der Waals surface area contributed by atoms with Crippen LogP contribution < -0.4 is 15.2 Å². The third kappa shape index (κ3) is 2.89. The number of nitrogens with two attached hydrogens (primary N) is 1. The molecule has 1 atom stereocenters. The van der Waals surface area contributed by atoms with Gasteiger partial charge in [-0.2, -0.15) is 0 Å². The Bertz CT molecular complexity index is 613. The van der Waals surface area contributed by atoms with Crippen molar-refractivity contribution in [3.05, 3.63) is 58.1 Å². The molecule has 20 heavy (non-hydrogen) atoms. The minimum Gasteiger partial charge on any atom is -0.497 e. The molecule has 0 amide bonds. The second-order valence-electron chi connectivity index (χ2n) is 4.59. The third-order valence-electron chi connectivity index (χ3n) is 3.35. The molecule has 0 spiro atoms. The van der Waals surface area contributed by atoms with E-state index < -0.39 is 0 Å². The smallest absolute Gasteiger partial charge is 0.124 e. The van der Waals surface area contributed by atoms with E-state index in [0.717, 1.165) is 28.2 Å². The molecule has 2 aromatic carbocycles. The first-order valence-electron chi connectivity index (χ1n) is 6.30. The Balaban J connectivity index is 2.51. The van der Waals surface area contributed by atoms with E-state index in [2.05, 4.69) is 0 Å². The normalized spacial score (nSPS) is 12.1. The van der Waals surface area contributed by atoms with E-state index in [1.807, 2.05) is 43.3 Å². The molecule has 106 valence electrons. The number of hydrogen-bond donors (Lipinski definition) is 1. The van der Waals surface area contributed by atoms with E-state index in [0.29, 0.717) is 5.02 Å². The number of benzene rings is 2. The van der Waals surface area contributed by atoms with Gasteiger partial charge in [-0.05, 0) is 48.4 Å². The maximum atomic E-state index is 6.39. The Kier molecular flexibility index (Phi) is 4.53. The van der Waals surface area contributed by atoms with Crippen molar-refractivity contribution in [1.29, 1.82) is 0 Å². The first-order valence-corrected chi connectivity index (χ1v) is 6.68. The van der Waals surface area contributed by atoms with Crippen LogP contribution in [0.3, 0.4) is 0 Å². The van der Waals surface area contributed by atoms with E-state index in [9.17, 15) is 0 Å². The lowest BCUT2D eigenvalue weighted by molar-refractivity contribution is 0.397. The molecule has 2 aromatic rings. The molecule has 2 rings (SSSR count). The maximum absolute atomic E-state index is 6.39. The van der Waals surface area contributed by atoms with Crippen LogP contribution in [-0.2, 0) is 0 Å². The SMILES string of the molecule is COc1ccc(OC)c(C(N)c2cc(Cl)ccc2C)c1. The summed E-state index contributed by atoms with van der Waals surface area (Å²) in [5.41, 5.74) is 9.33. The summed E-state index contributed by atoms with van der Waals surface area (Å²) in [5.74, 6) is 1.48. The lowest BCUT2D eigenvalue weighted by atomic mass is 9.95. The summed E-state index contributed by atoms with van der Waals surface area (Å²) in [7, 11) is 3.25. The molecule has 0 aliphatic rings. The van der Waals surface area contributed by atoms with E-state index in [-0.39, 0.29) is 6.04 Å². The van der Waals surface area contributed by atoms with Crippen molar-refractivity contribution in [3.63, 3.8) is 0 Å². The quantitative estimate of drug-likeness (QED) is 0.934. The van der Waals surface area contributed by atoms with Crippen LogP contribution in [0.4, 0.5) is 0 Å². The van der Waals surface area contributed by atoms with Crippen molar-refractivity contribution < 1.29 is 9.47 Å². The summed E-state index contributed by atoms with van der Waals surface area (Å²) >= 11 is 6.07. The van der Waals surface area contributed by atoms with E-state index in [1.165, 1.54) is 0 Å². The zero-order chi connectivity index (χ0) is 14.7. The van der Waals surface area contributed by atoms with Crippen LogP contribution >= 0.6 is 11.6 Å². The van der Waals surface area contributed by atoms with Crippen molar-refractivity contribution in [1.82, 2.24) is 0 Å². The molecule has 0 saturated carbocycles. The molecule has 4 heteroatoms. The van der Waals surface area contributed by atoms with Gasteiger partial charge in [0.25, 0.3) is 0 Å². The van der Waals surface area contributed by atoms with Crippen molar-refractivity contribution >= 4 is 11.6 Å². The van der Waals surface area contributed by atoms with E-state index >= 15 is 0 Å². The van der Waals surface area contributed by atoms with Gasteiger partial charge < -0.3 is 15.2 Å². The van der Waals surface area contributed by atoms with Gasteiger partial charge in [0, 0.05) is 10.6 Å². The highest BCUT2D eigenvalue weighted by molar-refractivity contribution is 6.30. The Labute approximate surface area is 124 Å². The molecule has 0 aromatic heterocycles. The highest BCUT2D eigenvalue weighted by Crippen LogP contribution is 2.33. The van der Waals surface area contributed by atoms with Gasteiger partial charge in [-0.25, -0.2) is 0 Å². The predicted octanol–water partition coefficient (Wildman–Crippen LogP) is 3.71. The van der Waals surface area contributed by atoms with Crippen LogP contribution in [0.1, 0.15) is 22.7 Å². The minimum absolute atomic E-state index is 0.321. The predicted molar refractivity (Wildman–Crippen MR) is 81.8 cm³/mol. The van der Waals surface area contributed by atoms with Gasteiger partial charge in [0.15, 0.2) is 0 Å². The van der Waals surface area contributed by atoms with Crippen LogP contribution in [0.15, 0.2) is 36.4 Å². The highest BCUT2D eigenvalue weighted by atomic mass is 35.5. The summed E-state index contributed by atoms with van der Waals surface area (Å²) in [6.45, 7) is 2.01. The Morgan fingerprint density at radius 3 is 2.40 bits per heavy atom. The maximum Gasteiger partial charge on any atom is 0.124 e. The van der Waals surface area contributed by atoms with Crippen LogP contribution in [0.25, 0.3) is 0 Å². The van der Waals surface area contributed by atoms with Crippen molar-refractivity contribution in [2.24, 2.45) is 5.73 Å². The third-order valence-corrected chi connectivity index (χ3v) is 3.58. The summed E-state index contributed by atoms with van der Waals surface area (Å²) < 4.78 is 10.6. The molecular formula is C16H18ClNO2. The van der Waals surface area contributed by atoms with Gasteiger partial charge in [-0.3, -0.25) is 0 Å². The lowest BCUT2D eigenvalue weighted by Crippen LogP contribution is -2.14. The second-order valence-corrected chi connectivity index (χ2v) is 5.02. The fourth-order valence-electron chi connectivity index (χ4n) is 2.20. The number of methoxy groups -OCH3 is 2. The number of aryl methyl sites for hydroxylation is 1. The van der Waals surface area contributed by atoms with Crippen molar-refractivity contribution in [3.8, 4) is 11.5 Å². The fourth-order valence-corrected chi connectivity index (χ4v) is 2.38. The molecule has 0 bridgehead atoms. The number of rotatable bonds is 4. The topological polar surface area (TPSA) is 44.5 Å². The van der Waals surface area contributed by atoms with Crippen LogP contribution in [0.2, 0.25) is 5.02 Å². The molecule has 0 radical (unpaired) electrons. The summed E-state index contributed by atoms with van der Waals surface area (Å²) in [6, 6.07) is 11.0. The summed E-state index contributed by atoms with van der Waals surface area (Å²) in [4.78, 5) is 0. The molecule has 0 fully saturated rings. The molecule has 3 nitrogen and oxygen atoms in total. The lowest BCUT2D eigenvalue weighted by Gasteiger charge is -2.19. The first-order chi connectivity index (χ1) is 9.56. The van der Waals surface area contributed by atoms with Crippen molar-refractivity contribution in [2.45, 2.75) is 13.0 Å². The second kappa shape index (κ2) is 6.16. The van der Waals surface area contributed by atoms with Crippen LogP contribution in [-0.4, -0.2) is 14.2 Å². The van der Waals surface area contributed by atoms with Gasteiger partial charge in [0.2, 0.25) is 0 Å².